The average Bonchev–Trinajstić information content (AvgIpc) is 2.75. The van der Waals surface area contributed by atoms with Crippen LogP contribution in [0.15, 0.2) is 29.1 Å². The lowest BCUT2D eigenvalue weighted by Crippen LogP contribution is -2.16. The molecule has 0 bridgehead atoms. The monoisotopic (exact) mass is 239 g/mol. The summed E-state index contributed by atoms with van der Waals surface area (Å²) < 4.78 is 30.2. The Morgan fingerprint density at radius 3 is 2.88 bits per heavy atom. The Balaban J connectivity index is 2.03. The molecule has 0 aliphatic carbocycles. The first-order chi connectivity index (χ1) is 8.15. The molecule has 1 heterocycles. The lowest BCUT2D eigenvalue weighted by molar-refractivity contribution is -0.115. The lowest BCUT2D eigenvalue weighted by atomic mass is 10.3. The Hall–Kier alpha value is -2.31. The Labute approximate surface area is 94.4 Å². The van der Waals surface area contributed by atoms with E-state index in [-0.39, 0.29) is 17.9 Å². The van der Waals surface area contributed by atoms with Gasteiger partial charge in [0.2, 0.25) is 12.3 Å². The van der Waals surface area contributed by atoms with Gasteiger partial charge in [0, 0.05) is 6.07 Å². The first kappa shape index (κ1) is 11.2. The average molecular weight is 239 g/mol. The zero-order valence-corrected chi connectivity index (χ0v) is 8.48. The van der Waals surface area contributed by atoms with E-state index < -0.39 is 17.5 Å². The maximum absolute atomic E-state index is 13.2. The maximum atomic E-state index is 13.2. The molecule has 7 heteroatoms. The van der Waals surface area contributed by atoms with Gasteiger partial charge in [0.1, 0.15) is 11.6 Å². The zero-order chi connectivity index (χ0) is 12.3. The maximum Gasteiger partial charge on any atom is 0.232 e. The van der Waals surface area contributed by atoms with Crippen molar-refractivity contribution in [2.75, 3.05) is 5.32 Å². The van der Waals surface area contributed by atoms with Crippen LogP contribution in [0.1, 0.15) is 5.82 Å². The van der Waals surface area contributed by atoms with Crippen molar-refractivity contribution in [2.24, 2.45) is 0 Å². The van der Waals surface area contributed by atoms with Gasteiger partial charge in [0.15, 0.2) is 5.82 Å². The number of hydrogen-bond donors (Lipinski definition) is 1. The lowest BCUT2D eigenvalue weighted by Gasteiger charge is -2.04. The van der Waals surface area contributed by atoms with Crippen molar-refractivity contribution in [1.29, 1.82) is 0 Å². The molecule has 1 N–H and O–H groups in total. The molecule has 1 amide bonds. The smallest absolute Gasteiger partial charge is 0.232 e. The summed E-state index contributed by atoms with van der Waals surface area (Å²) in [7, 11) is 0. The molecule has 0 saturated heterocycles. The van der Waals surface area contributed by atoms with Crippen molar-refractivity contribution in [2.45, 2.75) is 6.42 Å². The van der Waals surface area contributed by atoms with Gasteiger partial charge in [-0.15, -0.1) is 0 Å². The highest BCUT2D eigenvalue weighted by molar-refractivity contribution is 5.91. The fourth-order valence-corrected chi connectivity index (χ4v) is 1.20. The predicted octanol–water partition coefficient (Wildman–Crippen LogP) is 1.53. The molecule has 88 valence electrons. The zero-order valence-electron chi connectivity index (χ0n) is 8.48. The summed E-state index contributed by atoms with van der Waals surface area (Å²) in [5.74, 6) is -1.88. The van der Waals surface area contributed by atoms with E-state index in [1.165, 1.54) is 0 Å². The van der Waals surface area contributed by atoms with E-state index in [1.807, 2.05) is 0 Å². The van der Waals surface area contributed by atoms with Crippen LogP contribution >= 0.6 is 0 Å². The number of nitrogens with one attached hydrogen (secondary N) is 1. The number of nitrogens with zero attached hydrogens (tertiary/aromatic N) is 2. The first-order valence-corrected chi connectivity index (χ1v) is 4.65. The largest absolute Gasteiger partial charge is 0.343 e. The van der Waals surface area contributed by atoms with Gasteiger partial charge >= 0.3 is 0 Å². The predicted molar refractivity (Wildman–Crippen MR) is 53.0 cm³/mol. The molecule has 0 atom stereocenters. The number of aromatic nitrogens is 2. The molecule has 0 saturated carbocycles. The first-order valence-electron chi connectivity index (χ1n) is 4.65. The minimum absolute atomic E-state index is 0.0973. The number of amides is 1. The van der Waals surface area contributed by atoms with Crippen molar-refractivity contribution in [3.63, 3.8) is 0 Å². The minimum Gasteiger partial charge on any atom is -0.343 e. The van der Waals surface area contributed by atoms with Crippen LogP contribution in [-0.4, -0.2) is 16.0 Å². The van der Waals surface area contributed by atoms with Gasteiger partial charge in [-0.2, -0.15) is 4.98 Å². The van der Waals surface area contributed by atoms with Crippen molar-refractivity contribution < 1.29 is 18.1 Å². The van der Waals surface area contributed by atoms with Gasteiger partial charge < -0.3 is 9.84 Å². The summed E-state index contributed by atoms with van der Waals surface area (Å²) in [6.45, 7) is 0. The van der Waals surface area contributed by atoms with Crippen LogP contribution in [0.25, 0.3) is 0 Å². The van der Waals surface area contributed by atoms with Gasteiger partial charge in [-0.25, -0.2) is 8.78 Å². The molecule has 0 fully saturated rings. The van der Waals surface area contributed by atoms with Crippen LogP contribution in [0.4, 0.5) is 14.5 Å². The molecule has 5 nitrogen and oxygen atoms in total. The molecule has 0 spiro atoms. The Morgan fingerprint density at radius 1 is 1.41 bits per heavy atom. The van der Waals surface area contributed by atoms with Crippen LogP contribution in [0.2, 0.25) is 0 Å². The quantitative estimate of drug-likeness (QED) is 0.881. The molecule has 1 aromatic carbocycles. The summed E-state index contributed by atoms with van der Waals surface area (Å²) in [5, 5.41) is 5.71. The number of hydrogen-bond acceptors (Lipinski definition) is 4. The Kier molecular flexibility index (Phi) is 3.08. The van der Waals surface area contributed by atoms with Crippen LogP contribution in [0.3, 0.4) is 0 Å². The summed E-state index contributed by atoms with van der Waals surface area (Å²) in [6.07, 6.45) is 0.939. The molecule has 2 rings (SSSR count). The fourth-order valence-electron chi connectivity index (χ4n) is 1.20. The third-order valence-electron chi connectivity index (χ3n) is 1.93. The number of rotatable bonds is 3. The number of carbonyl (C=O) groups is 1. The number of benzene rings is 1. The summed E-state index contributed by atoms with van der Waals surface area (Å²) >= 11 is 0. The molecule has 17 heavy (non-hydrogen) atoms. The Bertz CT molecular complexity index is 528. The molecule has 1 aromatic heterocycles. The van der Waals surface area contributed by atoms with E-state index in [9.17, 15) is 13.6 Å². The van der Waals surface area contributed by atoms with Gasteiger partial charge in [-0.3, -0.25) is 4.79 Å². The van der Waals surface area contributed by atoms with E-state index in [1.54, 1.807) is 0 Å². The second-order valence-corrected chi connectivity index (χ2v) is 3.20. The standard InChI is InChI=1S/C10H7F2N3O2/c11-6-1-2-8(7(12)3-6)14-10(16)4-9-13-5-17-15-9/h1-3,5H,4H2,(H,14,16). The topological polar surface area (TPSA) is 68.0 Å². The van der Waals surface area contributed by atoms with E-state index in [4.69, 9.17) is 0 Å². The van der Waals surface area contributed by atoms with Crippen LogP contribution < -0.4 is 5.32 Å². The highest BCUT2D eigenvalue weighted by atomic mass is 19.1. The molecule has 2 aromatic rings. The van der Waals surface area contributed by atoms with Crippen molar-refractivity contribution in [3.8, 4) is 0 Å². The van der Waals surface area contributed by atoms with Crippen LogP contribution in [-0.2, 0) is 11.2 Å². The van der Waals surface area contributed by atoms with Crippen LogP contribution in [0.5, 0.6) is 0 Å². The molecular formula is C10H7F2N3O2. The number of halogens is 2. The number of carbonyl (C=O) groups excluding carboxylic acids is 1. The summed E-state index contributed by atoms with van der Waals surface area (Å²) in [5.41, 5.74) is -0.0973. The van der Waals surface area contributed by atoms with Crippen molar-refractivity contribution >= 4 is 11.6 Å². The Morgan fingerprint density at radius 2 is 2.24 bits per heavy atom. The van der Waals surface area contributed by atoms with Crippen LogP contribution in [0, 0.1) is 11.6 Å². The van der Waals surface area contributed by atoms with Gasteiger partial charge in [-0.1, -0.05) is 5.16 Å². The van der Waals surface area contributed by atoms with Gasteiger partial charge in [0.05, 0.1) is 12.1 Å². The van der Waals surface area contributed by atoms with E-state index >= 15 is 0 Å². The molecule has 0 aliphatic rings. The van der Waals surface area contributed by atoms with Gasteiger partial charge in [-0.05, 0) is 12.1 Å². The second-order valence-electron chi connectivity index (χ2n) is 3.20. The number of anilines is 1. The molecule has 0 unspecified atom stereocenters. The molecular weight excluding hydrogens is 232 g/mol. The fraction of sp³-hybridized carbons (Fsp3) is 0.100. The summed E-state index contributed by atoms with van der Waals surface area (Å²) in [4.78, 5) is 15.1. The molecule has 0 radical (unpaired) electrons. The van der Waals surface area contributed by atoms with Crippen molar-refractivity contribution in [1.82, 2.24) is 10.1 Å². The summed E-state index contributed by atoms with van der Waals surface area (Å²) in [6, 6.07) is 2.87. The highest BCUT2D eigenvalue weighted by Gasteiger charge is 2.10. The third kappa shape index (κ3) is 2.83. The second kappa shape index (κ2) is 4.69. The normalized spacial score (nSPS) is 10.2. The highest BCUT2D eigenvalue weighted by Crippen LogP contribution is 2.14. The van der Waals surface area contributed by atoms with E-state index in [2.05, 4.69) is 20.0 Å². The molecule has 0 aliphatic heterocycles. The van der Waals surface area contributed by atoms with Crippen molar-refractivity contribution in [3.05, 3.63) is 42.1 Å². The van der Waals surface area contributed by atoms with E-state index in [0.29, 0.717) is 6.07 Å². The minimum atomic E-state index is -0.841. The SMILES string of the molecule is O=C(Cc1ncon1)Nc1ccc(F)cc1F. The van der Waals surface area contributed by atoms with Gasteiger partial charge in [0.25, 0.3) is 0 Å². The van der Waals surface area contributed by atoms with E-state index in [0.717, 1.165) is 18.5 Å². The third-order valence-corrected chi connectivity index (χ3v) is 1.93.